The number of aliphatic carboxylic acids is 1. The van der Waals surface area contributed by atoms with E-state index in [1.54, 1.807) is 0 Å². The van der Waals surface area contributed by atoms with Crippen molar-refractivity contribution in [3.05, 3.63) is 0 Å². The standard InChI is InChI=1S/C4H8FN.C2H4O2/c5-4-1-2-6-3-4;1-2(3)4/h4,6H,1-3H2;1H3,(H,3,4)/p-1. The quantitative estimate of drug-likeness (QED) is 0.483. The zero-order valence-electron chi connectivity index (χ0n) is 5.89. The molecule has 0 spiro atoms. The van der Waals surface area contributed by atoms with Crippen LogP contribution in [0.25, 0.3) is 0 Å². The first kappa shape index (κ1) is 9.36. The fourth-order valence-corrected chi connectivity index (χ4v) is 0.619. The normalized spacial score (nSPS) is 23.2. The van der Waals surface area contributed by atoms with Gasteiger partial charge in [-0.25, -0.2) is 4.39 Å². The van der Waals surface area contributed by atoms with Gasteiger partial charge in [0, 0.05) is 12.5 Å². The first-order chi connectivity index (χ1) is 4.63. The van der Waals surface area contributed by atoms with E-state index in [1.807, 2.05) is 0 Å². The summed E-state index contributed by atoms with van der Waals surface area (Å²) in [6, 6.07) is 0. The minimum absolute atomic E-state index is 0.565. The highest BCUT2D eigenvalue weighted by atomic mass is 19.1. The molecular formula is C6H11FNO2-. The number of rotatable bonds is 0. The average molecular weight is 148 g/mol. The van der Waals surface area contributed by atoms with E-state index in [0.29, 0.717) is 13.0 Å². The molecule has 1 unspecified atom stereocenters. The number of carbonyl (C=O) groups excluding carboxylic acids is 1. The number of halogens is 1. The maximum absolute atomic E-state index is 11.9. The van der Waals surface area contributed by atoms with Gasteiger partial charge in [-0.2, -0.15) is 0 Å². The molecule has 0 aromatic heterocycles. The Hall–Kier alpha value is -0.640. The zero-order chi connectivity index (χ0) is 7.98. The van der Waals surface area contributed by atoms with E-state index in [2.05, 4.69) is 5.32 Å². The number of hydrogen-bond donors (Lipinski definition) is 1. The molecule has 1 fully saturated rings. The van der Waals surface area contributed by atoms with Crippen LogP contribution in [0.5, 0.6) is 0 Å². The molecule has 0 radical (unpaired) electrons. The van der Waals surface area contributed by atoms with Gasteiger partial charge in [0.2, 0.25) is 0 Å². The molecule has 1 heterocycles. The van der Waals surface area contributed by atoms with Crippen LogP contribution < -0.4 is 10.4 Å². The van der Waals surface area contributed by atoms with E-state index in [9.17, 15) is 4.39 Å². The number of alkyl halides is 1. The van der Waals surface area contributed by atoms with Crippen molar-refractivity contribution in [2.24, 2.45) is 0 Å². The molecule has 1 saturated heterocycles. The molecule has 10 heavy (non-hydrogen) atoms. The minimum atomic E-state index is -1.08. The molecule has 4 heteroatoms. The molecule has 1 atom stereocenters. The van der Waals surface area contributed by atoms with Crippen LogP contribution in [0.15, 0.2) is 0 Å². The molecule has 0 amide bonds. The third-order valence-corrected chi connectivity index (χ3v) is 1.00. The van der Waals surface area contributed by atoms with Crippen molar-refractivity contribution in [1.82, 2.24) is 5.32 Å². The van der Waals surface area contributed by atoms with Gasteiger partial charge >= 0.3 is 0 Å². The van der Waals surface area contributed by atoms with Gasteiger partial charge in [0.15, 0.2) is 0 Å². The van der Waals surface area contributed by atoms with Gasteiger partial charge in [-0.05, 0) is 19.9 Å². The molecule has 0 aliphatic carbocycles. The Kier molecular flexibility index (Phi) is 4.84. The molecule has 1 N–H and O–H groups in total. The third-order valence-electron chi connectivity index (χ3n) is 1.00. The molecule has 0 aromatic rings. The second-order valence-electron chi connectivity index (χ2n) is 2.08. The van der Waals surface area contributed by atoms with Gasteiger partial charge in [-0.1, -0.05) is 0 Å². The summed E-state index contributed by atoms with van der Waals surface area (Å²) in [6.45, 7) is 2.40. The molecule has 0 saturated carbocycles. The Morgan fingerprint density at radius 2 is 2.30 bits per heavy atom. The number of carbonyl (C=O) groups is 1. The number of nitrogens with one attached hydrogen (secondary N) is 1. The van der Waals surface area contributed by atoms with Crippen LogP contribution in [0.3, 0.4) is 0 Å². The average Bonchev–Trinajstić information content (AvgIpc) is 2.15. The van der Waals surface area contributed by atoms with Crippen molar-refractivity contribution in [3.8, 4) is 0 Å². The maximum atomic E-state index is 11.9. The van der Waals surface area contributed by atoms with Gasteiger partial charge in [-0.3, -0.25) is 0 Å². The van der Waals surface area contributed by atoms with E-state index in [4.69, 9.17) is 9.90 Å². The number of carboxylic acids is 1. The topological polar surface area (TPSA) is 52.2 Å². The lowest BCUT2D eigenvalue weighted by Gasteiger charge is -1.86. The Bertz CT molecular complexity index is 97.9. The SMILES string of the molecule is CC(=O)[O-].FC1CCNC1. The molecule has 3 nitrogen and oxygen atoms in total. The fourth-order valence-electron chi connectivity index (χ4n) is 0.619. The lowest BCUT2D eigenvalue weighted by atomic mass is 10.4. The molecule has 1 rings (SSSR count). The summed E-state index contributed by atoms with van der Waals surface area (Å²) in [7, 11) is 0. The fraction of sp³-hybridized carbons (Fsp3) is 0.833. The summed E-state index contributed by atoms with van der Waals surface area (Å²) < 4.78 is 11.9. The summed E-state index contributed by atoms with van der Waals surface area (Å²) in [5.41, 5.74) is 0. The molecule has 60 valence electrons. The second kappa shape index (κ2) is 5.17. The lowest BCUT2D eigenvalue weighted by molar-refractivity contribution is -0.302. The summed E-state index contributed by atoms with van der Waals surface area (Å²) in [5.74, 6) is -1.08. The van der Waals surface area contributed by atoms with E-state index >= 15 is 0 Å². The van der Waals surface area contributed by atoms with Crippen molar-refractivity contribution in [1.29, 1.82) is 0 Å². The summed E-state index contributed by atoms with van der Waals surface area (Å²) in [6.07, 6.45) is 0.144. The Balaban J connectivity index is 0.000000180. The van der Waals surface area contributed by atoms with E-state index in [1.165, 1.54) is 0 Å². The van der Waals surface area contributed by atoms with Gasteiger partial charge < -0.3 is 15.2 Å². The zero-order valence-corrected chi connectivity index (χ0v) is 5.89. The van der Waals surface area contributed by atoms with E-state index in [0.717, 1.165) is 13.5 Å². The van der Waals surface area contributed by atoms with Crippen molar-refractivity contribution in [3.63, 3.8) is 0 Å². The summed E-state index contributed by atoms with van der Waals surface area (Å²) in [5, 5.41) is 11.8. The highest BCUT2D eigenvalue weighted by Gasteiger charge is 2.10. The van der Waals surface area contributed by atoms with Crippen LogP contribution >= 0.6 is 0 Å². The Labute approximate surface area is 59.2 Å². The summed E-state index contributed by atoms with van der Waals surface area (Å²) >= 11 is 0. The van der Waals surface area contributed by atoms with Gasteiger partial charge in [0.1, 0.15) is 6.17 Å². The van der Waals surface area contributed by atoms with Crippen LogP contribution in [0.2, 0.25) is 0 Å². The van der Waals surface area contributed by atoms with Crippen LogP contribution in [-0.4, -0.2) is 25.2 Å². The molecule has 1 aliphatic heterocycles. The molecular weight excluding hydrogens is 137 g/mol. The molecule has 0 bridgehead atoms. The summed E-state index contributed by atoms with van der Waals surface area (Å²) in [4.78, 5) is 8.89. The number of carboxylic acid groups (broad SMARTS) is 1. The van der Waals surface area contributed by atoms with E-state index in [-0.39, 0.29) is 0 Å². The smallest absolute Gasteiger partial charge is 0.114 e. The van der Waals surface area contributed by atoms with Crippen LogP contribution in [0, 0.1) is 0 Å². The van der Waals surface area contributed by atoms with Crippen LogP contribution in [-0.2, 0) is 4.79 Å². The van der Waals surface area contributed by atoms with Gasteiger partial charge in [0.05, 0.1) is 0 Å². The van der Waals surface area contributed by atoms with Crippen LogP contribution in [0.4, 0.5) is 4.39 Å². The number of hydrogen-bond acceptors (Lipinski definition) is 3. The maximum Gasteiger partial charge on any atom is 0.114 e. The van der Waals surface area contributed by atoms with Crippen molar-refractivity contribution >= 4 is 5.97 Å². The predicted molar refractivity (Wildman–Crippen MR) is 33.1 cm³/mol. The van der Waals surface area contributed by atoms with Gasteiger partial charge in [0.25, 0.3) is 0 Å². The highest BCUT2D eigenvalue weighted by Crippen LogP contribution is 1.99. The van der Waals surface area contributed by atoms with Crippen LogP contribution in [0.1, 0.15) is 13.3 Å². The first-order valence-electron chi connectivity index (χ1n) is 3.15. The second-order valence-corrected chi connectivity index (χ2v) is 2.08. The van der Waals surface area contributed by atoms with E-state index < -0.39 is 12.1 Å². The predicted octanol–water partition coefficient (Wildman–Crippen LogP) is -0.926. The molecule has 0 aromatic carbocycles. The third kappa shape index (κ3) is 7.36. The molecule has 1 aliphatic rings. The van der Waals surface area contributed by atoms with Crippen molar-refractivity contribution < 1.29 is 14.3 Å². The monoisotopic (exact) mass is 148 g/mol. The Morgan fingerprint density at radius 3 is 2.40 bits per heavy atom. The lowest BCUT2D eigenvalue weighted by Crippen LogP contribution is -2.16. The van der Waals surface area contributed by atoms with Crippen molar-refractivity contribution in [2.75, 3.05) is 13.1 Å². The minimum Gasteiger partial charge on any atom is -0.550 e. The first-order valence-corrected chi connectivity index (χ1v) is 3.15. The highest BCUT2D eigenvalue weighted by molar-refractivity contribution is 5.60. The Morgan fingerprint density at radius 1 is 1.80 bits per heavy atom. The van der Waals surface area contributed by atoms with Crippen molar-refractivity contribution in [2.45, 2.75) is 19.5 Å². The largest absolute Gasteiger partial charge is 0.550 e. The van der Waals surface area contributed by atoms with Gasteiger partial charge in [-0.15, -0.1) is 0 Å².